The molecule has 0 aliphatic heterocycles. The van der Waals surface area contributed by atoms with Crippen molar-refractivity contribution in [2.45, 2.75) is 0 Å². The molecule has 0 aliphatic carbocycles. The fourth-order valence-electron chi connectivity index (χ4n) is 0.759. The van der Waals surface area contributed by atoms with Gasteiger partial charge in [0.25, 0.3) is 0 Å². The van der Waals surface area contributed by atoms with Gasteiger partial charge in [0.2, 0.25) is 0 Å². The standard InChI is InChI=1S/C8H7ClFN/c1-2-5-3-4-6(9)7(10)8(5)11/h2-4H,1,11H2. The molecule has 1 rings (SSSR count). The van der Waals surface area contributed by atoms with Crippen LogP contribution < -0.4 is 5.73 Å². The minimum absolute atomic E-state index is 0.0353. The molecular weight excluding hydrogens is 165 g/mol. The van der Waals surface area contributed by atoms with Crippen molar-refractivity contribution in [3.63, 3.8) is 0 Å². The maximum absolute atomic E-state index is 12.9. The van der Waals surface area contributed by atoms with Crippen LogP contribution in [-0.2, 0) is 0 Å². The van der Waals surface area contributed by atoms with Crippen molar-refractivity contribution < 1.29 is 4.39 Å². The Labute approximate surface area is 69.3 Å². The van der Waals surface area contributed by atoms with Crippen molar-refractivity contribution in [2.24, 2.45) is 0 Å². The molecule has 0 bridgehead atoms. The van der Waals surface area contributed by atoms with Crippen LogP contribution in [0.4, 0.5) is 10.1 Å². The normalized spacial score (nSPS) is 9.64. The van der Waals surface area contributed by atoms with E-state index < -0.39 is 5.82 Å². The third-order valence-electron chi connectivity index (χ3n) is 1.39. The van der Waals surface area contributed by atoms with Gasteiger partial charge in [-0.3, -0.25) is 0 Å². The Morgan fingerprint density at radius 3 is 2.73 bits per heavy atom. The lowest BCUT2D eigenvalue weighted by Crippen LogP contribution is -1.94. The summed E-state index contributed by atoms with van der Waals surface area (Å²) >= 11 is 5.45. The van der Waals surface area contributed by atoms with E-state index in [4.69, 9.17) is 17.3 Å². The first-order valence-corrected chi connectivity index (χ1v) is 3.40. The second-order valence-corrected chi connectivity index (χ2v) is 2.48. The van der Waals surface area contributed by atoms with Gasteiger partial charge in [-0.2, -0.15) is 0 Å². The first kappa shape index (κ1) is 8.08. The molecule has 0 amide bonds. The zero-order chi connectivity index (χ0) is 8.43. The van der Waals surface area contributed by atoms with Gasteiger partial charge in [-0.15, -0.1) is 0 Å². The molecule has 0 unspecified atom stereocenters. The highest BCUT2D eigenvalue weighted by Crippen LogP contribution is 2.24. The third kappa shape index (κ3) is 1.35. The van der Waals surface area contributed by atoms with Crippen LogP contribution in [0.3, 0.4) is 0 Å². The van der Waals surface area contributed by atoms with E-state index in [0.717, 1.165) is 0 Å². The van der Waals surface area contributed by atoms with Crippen molar-refractivity contribution in [3.05, 3.63) is 35.1 Å². The summed E-state index contributed by atoms with van der Waals surface area (Å²) in [4.78, 5) is 0. The maximum Gasteiger partial charge on any atom is 0.165 e. The molecule has 0 fully saturated rings. The zero-order valence-electron chi connectivity index (χ0n) is 5.77. The Hall–Kier alpha value is -1.02. The van der Waals surface area contributed by atoms with Gasteiger partial charge in [-0.25, -0.2) is 4.39 Å². The van der Waals surface area contributed by atoms with Gasteiger partial charge in [0.1, 0.15) is 0 Å². The summed E-state index contributed by atoms with van der Waals surface area (Å²) in [6, 6.07) is 3.07. The molecular formula is C8H7ClFN. The van der Waals surface area contributed by atoms with Crippen molar-refractivity contribution in [1.29, 1.82) is 0 Å². The largest absolute Gasteiger partial charge is 0.396 e. The highest BCUT2D eigenvalue weighted by molar-refractivity contribution is 6.31. The number of anilines is 1. The molecule has 0 saturated carbocycles. The van der Waals surface area contributed by atoms with Gasteiger partial charge in [-0.1, -0.05) is 30.3 Å². The molecule has 58 valence electrons. The van der Waals surface area contributed by atoms with Crippen molar-refractivity contribution in [2.75, 3.05) is 5.73 Å². The van der Waals surface area contributed by atoms with Gasteiger partial charge in [0.05, 0.1) is 10.7 Å². The predicted molar refractivity (Wildman–Crippen MR) is 45.9 cm³/mol. The van der Waals surface area contributed by atoms with Gasteiger partial charge in [0.15, 0.2) is 5.82 Å². The summed E-state index contributed by atoms with van der Waals surface area (Å²) in [6.45, 7) is 3.47. The topological polar surface area (TPSA) is 26.0 Å². The number of halogens is 2. The Morgan fingerprint density at radius 1 is 1.55 bits per heavy atom. The summed E-state index contributed by atoms with van der Waals surface area (Å²) in [7, 11) is 0. The highest BCUT2D eigenvalue weighted by atomic mass is 35.5. The molecule has 1 aromatic rings. The Balaban J connectivity index is 3.36. The van der Waals surface area contributed by atoms with E-state index in [-0.39, 0.29) is 10.7 Å². The molecule has 3 heteroatoms. The smallest absolute Gasteiger partial charge is 0.165 e. The van der Waals surface area contributed by atoms with E-state index in [1.54, 1.807) is 6.07 Å². The van der Waals surface area contributed by atoms with E-state index in [0.29, 0.717) is 5.56 Å². The SMILES string of the molecule is C=Cc1ccc(Cl)c(F)c1N. The zero-order valence-corrected chi connectivity index (χ0v) is 6.53. The molecule has 2 N–H and O–H groups in total. The van der Waals surface area contributed by atoms with E-state index >= 15 is 0 Å². The fourth-order valence-corrected chi connectivity index (χ4v) is 0.924. The first-order chi connectivity index (χ1) is 5.16. The van der Waals surface area contributed by atoms with Crippen LogP contribution in [0.25, 0.3) is 6.08 Å². The van der Waals surface area contributed by atoms with Crippen molar-refractivity contribution in [1.82, 2.24) is 0 Å². The lowest BCUT2D eigenvalue weighted by Gasteiger charge is -2.01. The minimum Gasteiger partial charge on any atom is -0.396 e. The van der Waals surface area contributed by atoms with E-state index in [1.807, 2.05) is 0 Å². The minimum atomic E-state index is -0.580. The second kappa shape index (κ2) is 2.93. The van der Waals surface area contributed by atoms with E-state index in [1.165, 1.54) is 12.1 Å². The highest BCUT2D eigenvalue weighted by Gasteiger charge is 2.05. The number of rotatable bonds is 1. The molecule has 0 radical (unpaired) electrons. The van der Waals surface area contributed by atoms with Gasteiger partial charge in [0, 0.05) is 0 Å². The van der Waals surface area contributed by atoms with Crippen LogP contribution in [0.15, 0.2) is 18.7 Å². The molecule has 1 nitrogen and oxygen atoms in total. The Bertz CT molecular complexity index is 296. The quantitative estimate of drug-likeness (QED) is 0.646. The molecule has 11 heavy (non-hydrogen) atoms. The van der Waals surface area contributed by atoms with Crippen LogP contribution in [-0.4, -0.2) is 0 Å². The van der Waals surface area contributed by atoms with Crippen LogP contribution >= 0.6 is 11.6 Å². The number of benzene rings is 1. The average Bonchev–Trinajstić information content (AvgIpc) is 2.01. The monoisotopic (exact) mass is 171 g/mol. The molecule has 0 spiro atoms. The second-order valence-electron chi connectivity index (χ2n) is 2.07. The summed E-state index contributed by atoms with van der Waals surface area (Å²) in [5.74, 6) is -0.580. The molecule has 0 aromatic heterocycles. The summed E-state index contributed by atoms with van der Waals surface area (Å²) < 4.78 is 12.9. The molecule has 0 heterocycles. The van der Waals surface area contributed by atoms with Gasteiger partial charge < -0.3 is 5.73 Å². The van der Waals surface area contributed by atoms with Crippen molar-refractivity contribution >= 4 is 23.4 Å². The molecule has 0 atom stereocenters. The van der Waals surface area contributed by atoms with Gasteiger partial charge >= 0.3 is 0 Å². The van der Waals surface area contributed by atoms with Gasteiger partial charge in [-0.05, 0) is 11.6 Å². The third-order valence-corrected chi connectivity index (χ3v) is 1.68. The molecule has 1 aromatic carbocycles. The maximum atomic E-state index is 12.9. The lowest BCUT2D eigenvalue weighted by atomic mass is 10.2. The van der Waals surface area contributed by atoms with E-state index in [9.17, 15) is 4.39 Å². The Morgan fingerprint density at radius 2 is 2.18 bits per heavy atom. The van der Waals surface area contributed by atoms with Crippen LogP contribution in [0.1, 0.15) is 5.56 Å². The number of hydrogen-bond acceptors (Lipinski definition) is 1. The molecule has 0 aliphatic rings. The van der Waals surface area contributed by atoms with Crippen LogP contribution in [0, 0.1) is 5.82 Å². The summed E-state index contributed by atoms with van der Waals surface area (Å²) in [5.41, 5.74) is 5.97. The average molecular weight is 172 g/mol. The number of hydrogen-bond donors (Lipinski definition) is 1. The van der Waals surface area contributed by atoms with Crippen LogP contribution in [0.5, 0.6) is 0 Å². The van der Waals surface area contributed by atoms with E-state index in [2.05, 4.69) is 6.58 Å². The number of nitrogen functional groups attached to an aromatic ring is 1. The first-order valence-electron chi connectivity index (χ1n) is 3.02. The fraction of sp³-hybridized carbons (Fsp3) is 0. The lowest BCUT2D eigenvalue weighted by molar-refractivity contribution is 0.632. The summed E-state index contributed by atoms with van der Waals surface area (Å²) in [6.07, 6.45) is 1.48. The number of nitrogens with two attached hydrogens (primary N) is 1. The molecule has 0 saturated heterocycles. The predicted octanol–water partition coefficient (Wildman–Crippen LogP) is 2.70. The van der Waals surface area contributed by atoms with Crippen LogP contribution in [0.2, 0.25) is 5.02 Å². The van der Waals surface area contributed by atoms with Crippen molar-refractivity contribution in [3.8, 4) is 0 Å². The summed E-state index contributed by atoms with van der Waals surface area (Å²) in [5, 5.41) is 0.0353. The Kier molecular flexibility index (Phi) is 2.15.